The first kappa shape index (κ1) is 17.7. The van der Waals surface area contributed by atoms with Gasteiger partial charge in [0.1, 0.15) is 5.75 Å². The van der Waals surface area contributed by atoms with Gasteiger partial charge >= 0.3 is 6.36 Å². The standard InChI is InChI=1S/C18H17F3N4O/c19-18(20,21)26-14-7-5-13(6-8-14)25-17(22)23-10-9-12-11-24-16-4-2-1-3-15(12)16/h1-8,11,24H,9-10H2,(H3,22,23,25). The maximum atomic E-state index is 12.1. The molecule has 0 spiro atoms. The number of ether oxygens (including phenoxy) is 1. The van der Waals surface area contributed by atoms with Crippen molar-refractivity contribution in [2.45, 2.75) is 12.8 Å². The highest BCUT2D eigenvalue weighted by Crippen LogP contribution is 2.24. The predicted molar refractivity (Wildman–Crippen MR) is 95.2 cm³/mol. The maximum absolute atomic E-state index is 12.1. The molecule has 0 aliphatic carbocycles. The Morgan fingerprint density at radius 1 is 1.12 bits per heavy atom. The molecule has 0 bridgehead atoms. The van der Waals surface area contributed by atoms with Gasteiger partial charge in [-0.15, -0.1) is 13.2 Å². The van der Waals surface area contributed by atoms with Gasteiger partial charge in [0.05, 0.1) is 0 Å². The van der Waals surface area contributed by atoms with Crippen LogP contribution in [0.25, 0.3) is 10.9 Å². The minimum absolute atomic E-state index is 0.189. The zero-order chi connectivity index (χ0) is 18.6. The van der Waals surface area contributed by atoms with E-state index in [1.54, 1.807) is 0 Å². The number of aromatic nitrogens is 1. The molecule has 0 unspecified atom stereocenters. The van der Waals surface area contributed by atoms with E-state index in [4.69, 9.17) is 5.73 Å². The van der Waals surface area contributed by atoms with E-state index in [1.807, 2.05) is 30.5 Å². The molecule has 2 aromatic carbocycles. The summed E-state index contributed by atoms with van der Waals surface area (Å²) in [6.45, 7) is 0.482. The number of guanidine groups is 1. The van der Waals surface area contributed by atoms with Gasteiger partial charge < -0.3 is 20.8 Å². The summed E-state index contributed by atoms with van der Waals surface area (Å²) in [4.78, 5) is 7.44. The van der Waals surface area contributed by atoms with Crippen LogP contribution < -0.4 is 15.8 Å². The highest BCUT2D eigenvalue weighted by atomic mass is 19.4. The van der Waals surface area contributed by atoms with E-state index in [2.05, 4.69) is 20.0 Å². The molecule has 5 nitrogen and oxygen atoms in total. The Hall–Kier alpha value is -3.16. The molecule has 0 radical (unpaired) electrons. The summed E-state index contributed by atoms with van der Waals surface area (Å²) in [5.41, 5.74) is 8.55. The lowest BCUT2D eigenvalue weighted by molar-refractivity contribution is -0.274. The van der Waals surface area contributed by atoms with Crippen molar-refractivity contribution in [3.63, 3.8) is 0 Å². The van der Waals surface area contributed by atoms with Gasteiger partial charge in [-0.1, -0.05) is 18.2 Å². The van der Waals surface area contributed by atoms with E-state index in [1.165, 1.54) is 24.3 Å². The number of fused-ring (bicyclic) bond motifs is 1. The Morgan fingerprint density at radius 2 is 1.85 bits per heavy atom. The van der Waals surface area contributed by atoms with Gasteiger partial charge in [0.2, 0.25) is 0 Å². The normalized spacial score (nSPS) is 12.3. The molecular weight excluding hydrogens is 345 g/mol. The molecule has 136 valence electrons. The third-order valence-corrected chi connectivity index (χ3v) is 3.70. The number of rotatable bonds is 5. The zero-order valence-electron chi connectivity index (χ0n) is 13.7. The number of anilines is 1. The number of hydrogen-bond donors (Lipinski definition) is 3. The second kappa shape index (κ2) is 7.38. The van der Waals surface area contributed by atoms with Crippen molar-refractivity contribution in [2.24, 2.45) is 10.7 Å². The average molecular weight is 362 g/mol. The highest BCUT2D eigenvalue weighted by molar-refractivity contribution is 5.92. The van der Waals surface area contributed by atoms with Crippen molar-refractivity contribution < 1.29 is 17.9 Å². The van der Waals surface area contributed by atoms with Crippen LogP contribution in [0.2, 0.25) is 0 Å². The number of aromatic amines is 1. The minimum atomic E-state index is -4.71. The number of halogens is 3. The Kier molecular flexibility index (Phi) is 5.01. The molecule has 0 amide bonds. The molecule has 26 heavy (non-hydrogen) atoms. The summed E-state index contributed by atoms with van der Waals surface area (Å²) in [5, 5.41) is 3.98. The van der Waals surface area contributed by atoms with Gasteiger partial charge in [0.15, 0.2) is 5.96 Å². The number of aliphatic imine (C=N–C) groups is 1. The van der Waals surface area contributed by atoms with Gasteiger partial charge in [0, 0.05) is 29.3 Å². The third-order valence-electron chi connectivity index (χ3n) is 3.70. The smallest absolute Gasteiger partial charge is 0.406 e. The van der Waals surface area contributed by atoms with Crippen LogP contribution in [-0.2, 0) is 6.42 Å². The van der Waals surface area contributed by atoms with E-state index in [9.17, 15) is 13.2 Å². The summed E-state index contributed by atoms with van der Waals surface area (Å²) in [6.07, 6.45) is -2.05. The second-order valence-electron chi connectivity index (χ2n) is 5.57. The van der Waals surface area contributed by atoms with Gasteiger partial charge in [-0.2, -0.15) is 0 Å². The van der Waals surface area contributed by atoms with Crippen LogP contribution >= 0.6 is 0 Å². The Bertz CT molecular complexity index is 901. The van der Waals surface area contributed by atoms with Gasteiger partial charge in [-0.05, 0) is 42.3 Å². The number of nitrogens with two attached hydrogens (primary N) is 1. The molecule has 0 atom stereocenters. The topological polar surface area (TPSA) is 75.4 Å². The number of para-hydroxylation sites is 1. The van der Waals surface area contributed by atoms with Crippen LogP contribution in [-0.4, -0.2) is 23.9 Å². The average Bonchev–Trinajstić information content (AvgIpc) is 2.99. The predicted octanol–water partition coefficient (Wildman–Crippen LogP) is 4.04. The van der Waals surface area contributed by atoms with E-state index in [0.29, 0.717) is 18.7 Å². The van der Waals surface area contributed by atoms with Gasteiger partial charge in [0.25, 0.3) is 0 Å². The maximum Gasteiger partial charge on any atom is 0.573 e. The van der Waals surface area contributed by atoms with Crippen LogP contribution in [0.1, 0.15) is 5.56 Å². The summed E-state index contributed by atoms with van der Waals surface area (Å²) < 4.78 is 40.2. The minimum Gasteiger partial charge on any atom is -0.406 e. The fourth-order valence-electron chi connectivity index (χ4n) is 2.56. The Labute approximate surface area is 147 Å². The molecule has 0 aliphatic heterocycles. The molecule has 0 saturated heterocycles. The number of nitrogens with one attached hydrogen (secondary N) is 2. The number of alkyl halides is 3. The van der Waals surface area contributed by atoms with Crippen molar-refractivity contribution in [2.75, 3.05) is 11.9 Å². The van der Waals surface area contributed by atoms with Crippen molar-refractivity contribution in [1.82, 2.24) is 4.98 Å². The van der Waals surface area contributed by atoms with Crippen molar-refractivity contribution in [3.05, 3.63) is 60.3 Å². The first-order valence-electron chi connectivity index (χ1n) is 7.88. The van der Waals surface area contributed by atoms with Crippen LogP contribution in [0.5, 0.6) is 5.75 Å². The number of hydrogen-bond acceptors (Lipinski definition) is 2. The Morgan fingerprint density at radius 3 is 2.58 bits per heavy atom. The molecule has 0 fully saturated rings. The molecule has 0 aliphatic rings. The number of H-pyrrole nitrogens is 1. The van der Waals surface area contributed by atoms with Gasteiger partial charge in [-0.3, -0.25) is 4.99 Å². The monoisotopic (exact) mass is 362 g/mol. The van der Waals surface area contributed by atoms with E-state index in [0.717, 1.165) is 16.5 Å². The highest BCUT2D eigenvalue weighted by Gasteiger charge is 2.30. The van der Waals surface area contributed by atoms with Crippen molar-refractivity contribution >= 4 is 22.5 Å². The quantitative estimate of drug-likeness (QED) is 0.474. The molecule has 0 saturated carbocycles. The molecule has 3 rings (SSSR count). The van der Waals surface area contributed by atoms with Crippen LogP contribution in [0, 0.1) is 0 Å². The fourth-order valence-corrected chi connectivity index (χ4v) is 2.56. The SMILES string of the molecule is NC(=NCCc1c[nH]c2ccccc12)Nc1ccc(OC(F)(F)F)cc1. The lowest BCUT2D eigenvalue weighted by Crippen LogP contribution is -2.23. The zero-order valence-corrected chi connectivity index (χ0v) is 13.7. The molecule has 1 heterocycles. The second-order valence-corrected chi connectivity index (χ2v) is 5.57. The van der Waals surface area contributed by atoms with Gasteiger partial charge in [-0.25, -0.2) is 0 Å². The molecule has 3 aromatic rings. The summed E-state index contributed by atoms with van der Waals surface area (Å²) in [7, 11) is 0. The van der Waals surface area contributed by atoms with E-state index >= 15 is 0 Å². The lowest BCUT2D eigenvalue weighted by Gasteiger charge is -2.10. The number of benzene rings is 2. The molecule has 8 heteroatoms. The van der Waals surface area contributed by atoms with Crippen molar-refractivity contribution in [3.8, 4) is 5.75 Å². The largest absolute Gasteiger partial charge is 0.573 e. The molecular formula is C18H17F3N4O. The summed E-state index contributed by atoms with van der Waals surface area (Å²) in [5.74, 6) is -0.104. The van der Waals surface area contributed by atoms with E-state index < -0.39 is 6.36 Å². The third kappa shape index (κ3) is 4.69. The summed E-state index contributed by atoms with van der Waals surface area (Å²) >= 11 is 0. The lowest BCUT2D eigenvalue weighted by atomic mass is 10.1. The fraction of sp³-hybridized carbons (Fsp3) is 0.167. The summed E-state index contributed by atoms with van der Waals surface area (Å²) in [6, 6.07) is 13.3. The van der Waals surface area contributed by atoms with Crippen LogP contribution in [0.3, 0.4) is 0 Å². The number of nitrogens with zero attached hydrogens (tertiary/aromatic N) is 1. The van der Waals surface area contributed by atoms with Crippen molar-refractivity contribution in [1.29, 1.82) is 0 Å². The van der Waals surface area contributed by atoms with E-state index in [-0.39, 0.29) is 11.7 Å². The Balaban J connectivity index is 1.55. The van der Waals surface area contributed by atoms with Crippen LogP contribution in [0.15, 0.2) is 59.7 Å². The molecule has 1 aromatic heterocycles. The van der Waals surface area contributed by atoms with Crippen LogP contribution in [0.4, 0.5) is 18.9 Å². The first-order valence-corrected chi connectivity index (χ1v) is 7.88. The first-order chi connectivity index (χ1) is 12.4. The molecule has 4 N–H and O–H groups in total.